The molecule has 1 aliphatic heterocycles. The summed E-state index contributed by atoms with van der Waals surface area (Å²) in [6.45, 7) is 3.23. The Kier molecular flexibility index (Phi) is 7.29. The van der Waals surface area contributed by atoms with E-state index in [1.807, 2.05) is 12.1 Å². The van der Waals surface area contributed by atoms with Crippen LogP contribution in [0.25, 0.3) is 0 Å². The summed E-state index contributed by atoms with van der Waals surface area (Å²) in [6.07, 6.45) is 1.72. The fourth-order valence-corrected chi connectivity index (χ4v) is 4.61. The monoisotopic (exact) mass is 482 g/mol. The maximum absolute atomic E-state index is 12.7. The van der Waals surface area contributed by atoms with E-state index in [1.54, 1.807) is 30.5 Å². The van der Waals surface area contributed by atoms with Crippen molar-refractivity contribution in [2.45, 2.75) is 11.4 Å². The van der Waals surface area contributed by atoms with Crippen LogP contribution in [0.4, 0.5) is 11.5 Å². The normalized spacial score (nSPS) is 13.9. The van der Waals surface area contributed by atoms with Gasteiger partial charge in [0.2, 0.25) is 0 Å². The fraction of sp³-hybridized carbons (Fsp3) is 0.250. The van der Waals surface area contributed by atoms with E-state index in [-0.39, 0.29) is 10.8 Å². The van der Waals surface area contributed by atoms with Crippen LogP contribution in [-0.2, 0) is 21.3 Å². The Bertz CT molecular complexity index is 1240. The number of carbonyl (C=O) groups is 1. The molecule has 4 rings (SSSR count). The number of pyridine rings is 1. The zero-order valence-electron chi connectivity index (χ0n) is 18.7. The molecule has 0 spiro atoms. The van der Waals surface area contributed by atoms with Crippen molar-refractivity contribution in [1.82, 2.24) is 10.3 Å². The van der Waals surface area contributed by atoms with Gasteiger partial charge < -0.3 is 19.7 Å². The van der Waals surface area contributed by atoms with Crippen molar-refractivity contribution < 1.29 is 22.7 Å². The highest BCUT2D eigenvalue weighted by Gasteiger charge is 2.17. The Morgan fingerprint density at radius 2 is 1.82 bits per heavy atom. The highest BCUT2D eigenvalue weighted by Crippen LogP contribution is 2.26. The summed E-state index contributed by atoms with van der Waals surface area (Å²) in [6, 6.07) is 16.3. The van der Waals surface area contributed by atoms with Crippen molar-refractivity contribution in [2.75, 3.05) is 43.0 Å². The number of rotatable bonds is 8. The van der Waals surface area contributed by atoms with Crippen LogP contribution in [0.2, 0.25) is 0 Å². The fourth-order valence-electron chi connectivity index (χ4n) is 3.54. The van der Waals surface area contributed by atoms with Gasteiger partial charge in [0, 0.05) is 31.4 Å². The number of ether oxygens (including phenoxy) is 2. The third-order valence-corrected chi connectivity index (χ3v) is 6.76. The number of amides is 1. The first-order valence-electron chi connectivity index (χ1n) is 10.8. The third kappa shape index (κ3) is 5.64. The second-order valence-electron chi connectivity index (χ2n) is 7.63. The molecule has 10 heteroatoms. The molecule has 0 radical (unpaired) electrons. The first-order valence-corrected chi connectivity index (χ1v) is 12.3. The summed E-state index contributed by atoms with van der Waals surface area (Å²) in [5, 5.41) is 2.87. The molecule has 1 aromatic heterocycles. The molecule has 2 aromatic carbocycles. The summed E-state index contributed by atoms with van der Waals surface area (Å²) < 4.78 is 38.6. The third-order valence-electron chi connectivity index (χ3n) is 5.38. The molecule has 1 fully saturated rings. The SMILES string of the molecule is COc1ccccc1NS(=O)(=O)c1ccc(C(=O)NCc2ccnc(N3CCOCC3)c2)cc1. The molecule has 0 saturated carbocycles. The highest BCUT2D eigenvalue weighted by atomic mass is 32.2. The first kappa shape index (κ1) is 23.5. The second kappa shape index (κ2) is 10.5. The average Bonchev–Trinajstić information content (AvgIpc) is 2.88. The molecule has 9 nitrogen and oxygen atoms in total. The van der Waals surface area contributed by atoms with Gasteiger partial charge in [0.25, 0.3) is 15.9 Å². The molecule has 178 valence electrons. The molecule has 34 heavy (non-hydrogen) atoms. The number of nitrogens with one attached hydrogen (secondary N) is 2. The lowest BCUT2D eigenvalue weighted by Crippen LogP contribution is -2.36. The van der Waals surface area contributed by atoms with E-state index in [9.17, 15) is 13.2 Å². The van der Waals surface area contributed by atoms with Crippen LogP contribution in [0.3, 0.4) is 0 Å². The number of benzene rings is 2. The van der Waals surface area contributed by atoms with Crippen LogP contribution in [0, 0.1) is 0 Å². The van der Waals surface area contributed by atoms with Gasteiger partial charge in [0.1, 0.15) is 11.6 Å². The largest absolute Gasteiger partial charge is 0.495 e. The number of morpholine rings is 1. The van der Waals surface area contributed by atoms with Crippen LogP contribution in [0.1, 0.15) is 15.9 Å². The molecular weight excluding hydrogens is 456 g/mol. The lowest BCUT2D eigenvalue weighted by Gasteiger charge is -2.28. The van der Waals surface area contributed by atoms with E-state index in [4.69, 9.17) is 9.47 Å². The van der Waals surface area contributed by atoms with Crippen molar-refractivity contribution in [3.05, 3.63) is 78.0 Å². The number of para-hydroxylation sites is 2. The number of carbonyl (C=O) groups excluding carboxylic acids is 1. The molecule has 0 bridgehead atoms. The Hall–Kier alpha value is -3.63. The van der Waals surface area contributed by atoms with E-state index >= 15 is 0 Å². The minimum absolute atomic E-state index is 0.0410. The van der Waals surface area contributed by atoms with E-state index in [2.05, 4.69) is 19.9 Å². The van der Waals surface area contributed by atoms with Crippen molar-refractivity contribution >= 4 is 27.4 Å². The second-order valence-corrected chi connectivity index (χ2v) is 9.32. The maximum Gasteiger partial charge on any atom is 0.262 e. The summed E-state index contributed by atoms with van der Waals surface area (Å²) in [5.74, 6) is 0.966. The Balaban J connectivity index is 1.38. The highest BCUT2D eigenvalue weighted by molar-refractivity contribution is 7.92. The predicted molar refractivity (Wildman–Crippen MR) is 129 cm³/mol. The standard InChI is InChI=1S/C24H26N4O5S/c1-32-22-5-3-2-4-21(22)27-34(30,31)20-8-6-19(7-9-20)24(29)26-17-18-10-11-25-23(16-18)28-12-14-33-15-13-28/h2-11,16,27H,12-15,17H2,1H3,(H,26,29). The van der Waals surface area contributed by atoms with Crippen molar-refractivity contribution in [2.24, 2.45) is 0 Å². The van der Waals surface area contributed by atoms with E-state index in [0.29, 0.717) is 36.8 Å². The van der Waals surface area contributed by atoms with Crippen LogP contribution in [0.5, 0.6) is 5.75 Å². The van der Waals surface area contributed by atoms with Gasteiger partial charge in [-0.3, -0.25) is 9.52 Å². The van der Waals surface area contributed by atoms with E-state index < -0.39 is 10.0 Å². The number of methoxy groups -OCH3 is 1. The zero-order valence-corrected chi connectivity index (χ0v) is 19.5. The minimum atomic E-state index is -3.84. The van der Waals surface area contributed by atoms with Gasteiger partial charge in [-0.05, 0) is 54.1 Å². The molecule has 1 amide bonds. The minimum Gasteiger partial charge on any atom is -0.495 e. The Labute approximate surface area is 198 Å². The number of anilines is 2. The predicted octanol–water partition coefficient (Wildman–Crippen LogP) is 2.66. The van der Waals surface area contributed by atoms with Gasteiger partial charge in [-0.2, -0.15) is 0 Å². The maximum atomic E-state index is 12.7. The molecule has 2 N–H and O–H groups in total. The number of hydrogen-bond acceptors (Lipinski definition) is 7. The van der Waals surface area contributed by atoms with Gasteiger partial charge in [-0.1, -0.05) is 12.1 Å². The van der Waals surface area contributed by atoms with Crippen molar-refractivity contribution in [3.63, 3.8) is 0 Å². The van der Waals surface area contributed by atoms with Crippen molar-refractivity contribution in [1.29, 1.82) is 0 Å². The van der Waals surface area contributed by atoms with Crippen molar-refractivity contribution in [3.8, 4) is 5.75 Å². The molecule has 0 aliphatic carbocycles. The summed E-state index contributed by atoms with van der Waals surface area (Å²) in [7, 11) is -2.37. The van der Waals surface area contributed by atoms with Crippen LogP contribution >= 0.6 is 0 Å². The van der Waals surface area contributed by atoms with Gasteiger partial charge >= 0.3 is 0 Å². The van der Waals surface area contributed by atoms with Crippen LogP contribution < -0.4 is 19.7 Å². The molecule has 1 aliphatic rings. The van der Waals surface area contributed by atoms with Gasteiger partial charge in [-0.25, -0.2) is 13.4 Å². The zero-order chi connectivity index (χ0) is 24.0. The van der Waals surface area contributed by atoms with Crippen LogP contribution in [-0.4, -0.2) is 52.7 Å². The topological polar surface area (TPSA) is 110 Å². The molecule has 1 saturated heterocycles. The summed E-state index contributed by atoms with van der Waals surface area (Å²) >= 11 is 0. The number of aromatic nitrogens is 1. The quantitative estimate of drug-likeness (QED) is 0.508. The first-order chi connectivity index (χ1) is 16.5. The van der Waals surface area contributed by atoms with E-state index in [1.165, 1.54) is 31.4 Å². The number of nitrogens with zero attached hydrogens (tertiary/aromatic N) is 2. The van der Waals surface area contributed by atoms with Gasteiger partial charge in [0.15, 0.2) is 0 Å². The lowest BCUT2D eigenvalue weighted by molar-refractivity contribution is 0.0951. The summed E-state index contributed by atoms with van der Waals surface area (Å²) in [4.78, 5) is 19.2. The Morgan fingerprint density at radius 3 is 2.56 bits per heavy atom. The summed E-state index contributed by atoms with van der Waals surface area (Å²) in [5.41, 5.74) is 1.62. The molecule has 0 unspecified atom stereocenters. The molecule has 2 heterocycles. The Morgan fingerprint density at radius 1 is 1.09 bits per heavy atom. The van der Waals surface area contributed by atoms with E-state index in [0.717, 1.165) is 24.5 Å². The average molecular weight is 483 g/mol. The van der Waals surface area contributed by atoms with Gasteiger partial charge in [-0.15, -0.1) is 0 Å². The molecular formula is C24H26N4O5S. The number of sulfonamides is 1. The lowest BCUT2D eigenvalue weighted by atomic mass is 10.2. The van der Waals surface area contributed by atoms with Crippen LogP contribution in [0.15, 0.2) is 71.8 Å². The number of hydrogen-bond donors (Lipinski definition) is 2. The molecule has 3 aromatic rings. The van der Waals surface area contributed by atoms with Gasteiger partial charge in [0.05, 0.1) is 30.9 Å². The smallest absolute Gasteiger partial charge is 0.262 e. The molecule has 0 atom stereocenters.